The average molecular weight is 234 g/mol. The summed E-state index contributed by atoms with van der Waals surface area (Å²) in [4.78, 5) is 15.1. The monoisotopic (exact) mass is 234 g/mol. The number of amides is 1. The fourth-order valence-electron chi connectivity index (χ4n) is 1.95. The molecular weight excluding hydrogens is 219 g/mol. The molecule has 3 nitrogen and oxygen atoms in total. The van der Waals surface area contributed by atoms with E-state index in [1.165, 1.54) is 24.3 Å². The van der Waals surface area contributed by atoms with Crippen LogP contribution >= 0.6 is 0 Å². The molecule has 0 saturated heterocycles. The second-order valence-corrected chi connectivity index (χ2v) is 4.13. The molecule has 0 aromatic carbocycles. The molecule has 90 valence electrons. The minimum absolute atomic E-state index is 0.245. The maximum atomic E-state index is 12.8. The van der Waals surface area contributed by atoms with Crippen LogP contribution in [0.5, 0.6) is 0 Å². The molecule has 0 fully saturated rings. The fourth-order valence-corrected chi connectivity index (χ4v) is 1.95. The third-order valence-electron chi connectivity index (χ3n) is 2.86. The number of carbonyl (C=O) groups is 1. The lowest BCUT2D eigenvalue weighted by Gasteiger charge is -2.05. The van der Waals surface area contributed by atoms with Crippen molar-refractivity contribution in [1.29, 1.82) is 0 Å². The number of rotatable bonds is 4. The third-order valence-corrected chi connectivity index (χ3v) is 2.86. The SMILES string of the molecule is O=C(NCCC1=CCCC1)c1ccnc(F)c1. The predicted octanol–water partition coefficient (Wildman–Crippen LogP) is 2.45. The van der Waals surface area contributed by atoms with Crippen molar-refractivity contribution >= 4 is 5.91 Å². The largest absolute Gasteiger partial charge is 0.352 e. The minimum atomic E-state index is -0.629. The standard InChI is InChI=1S/C13H15FN2O/c14-12-9-11(6-8-15-12)13(17)16-7-5-10-3-1-2-4-10/h3,6,8-9H,1-2,4-5,7H2,(H,16,17). The van der Waals surface area contributed by atoms with Crippen LogP contribution in [0.4, 0.5) is 4.39 Å². The number of nitrogens with zero attached hydrogens (tertiary/aromatic N) is 1. The van der Waals surface area contributed by atoms with Crippen molar-refractivity contribution < 1.29 is 9.18 Å². The lowest BCUT2D eigenvalue weighted by Crippen LogP contribution is -2.24. The Hall–Kier alpha value is -1.71. The van der Waals surface area contributed by atoms with Crippen LogP contribution in [0.15, 0.2) is 30.0 Å². The van der Waals surface area contributed by atoms with E-state index in [1.54, 1.807) is 0 Å². The summed E-state index contributed by atoms with van der Waals surface area (Å²) in [7, 11) is 0. The number of hydrogen-bond donors (Lipinski definition) is 1. The number of hydrogen-bond acceptors (Lipinski definition) is 2. The summed E-state index contributed by atoms with van der Waals surface area (Å²) in [5, 5.41) is 2.78. The first-order chi connectivity index (χ1) is 8.25. The molecule has 1 aliphatic carbocycles. The lowest BCUT2D eigenvalue weighted by atomic mass is 10.1. The molecule has 1 heterocycles. The van der Waals surface area contributed by atoms with Gasteiger partial charge in [-0.05, 0) is 31.7 Å². The van der Waals surface area contributed by atoms with E-state index in [9.17, 15) is 9.18 Å². The van der Waals surface area contributed by atoms with E-state index in [0.29, 0.717) is 12.1 Å². The van der Waals surface area contributed by atoms with Crippen molar-refractivity contribution in [3.8, 4) is 0 Å². The topological polar surface area (TPSA) is 42.0 Å². The summed E-state index contributed by atoms with van der Waals surface area (Å²) < 4.78 is 12.8. The smallest absolute Gasteiger partial charge is 0.251 e. The molecule has 0 radical (unpaired) electrons. The molecule has 1 aromatic heterocycles. The highest BCUT2D eigenvalue weighted by atomic mass is 19.1. The van der Waals surface area contributed by atoms with Crippen molar-refractivity contribution in [2.75, 3.05) is 6.54 Å². The van der Waals surface area contributed by atoms with Crippen molar-refractivity contribution in [3.63, 3.8) is 0 Å². The average Bonchev–Trinajstić information content (AvgIpc) is 2.82. The molecule has 2 rings (SSSR count). The molecule has 1 N–H and O–H groups in total. The zero-order chi connectivity index (χ0) is 12.1. The van der Waals surface area contributed by atoms with Gasteiger partial charge in [0.25, 0.3) is 5.91 Å². The summed E-state index contributed by atoms with van der Waals surface area (Å²) >= 11 is 0. The van der Waals surface area contributed by atoms with Crippen LogP contribution in [0.3, 0.4) is 0 Å². The number of carbonyl (C=O) groups excluding carboxylic acids is 1. The molecule has 4 heteroatoms. The van der Waals surface area contributed by atoms with Crippen LogP contribution < -0.4 is 5.32 Å². The molecule has 0 aliphatic heterocycles. The van der Waals surface area contributed by atoms with Gasteiger partial charge in [-0.25, -0.2) is 4.98 Å². The molecule has 0 unspecified atom stereocenters. The quantitative estimate of drug-likeness (QED) is 0.642. The van der Waals surface area contributed by atoms with Crippen LogP contribution in [0.1, 0.15) is 36.0 Å². The Kier molecular flexibility index (Phi) is 3.85. The molecule has 1 aliphatic rings. The highest BCUT2D eigenvalue weighted by Gasteiger charge is 2.08. The molecule has 0 saturated carbocycles. The molecule has 0 bridgehead atoms. The van der Waals surface area contributed by atoms with Gasteiger partial charge in [0.1, 0.15) is 0 Å². The van der Waals surface area contributed by atoms with E-state index in [-0.39, 0.29) is 5.91 Å². The number of allylic oxidation sites excluding steroid dienone is 1. The van der Waals surface area contributed by atoms with Gasteiger partial charge in [0, 0.05) is 24.4 Å². The van der Waals surface area contributed by atoms with Crippen LogP contribution in [0.2, 0.25) is 0 Å². The third kappa shape index (κ3) is 3.37. The van der Waals surface area contributed by atoms with E-state index >= 15 is 0 Å². The van der Waals surface area contributed by atoms with Crippen molar-refractivity contribution in [2.45, 2.75) is 25.7 Å². The van der Waals surface area contributed by atoms with Crippen molar-refractivity contribution in [2.24, 2.45) is 0 Å². The number of aromatic nitrogens is 1. The number of halogens is 1. The van der Waals surface area contributed by atoms with Gasteiger partial charge < -0.3 is 5.32 Å². The zero-order valence-corrected chi connectivity index (χ0v) is 9.58. The van der Waals surface area contributed by atoms with E-state index in [1.807, 2.05) is 0 Å². The Labute approximate surface area is 99.8 Å². The lowest BCUT2D eigenvalue weighted by molar-refractivity contribution is 0.0953. The molecule has 1 aromatic rings. The Bertz CT molecular complexity index is 443. The molecule has 0 atom stereocenters. The molecule has 1 amide bonds. The maximum absolute atomic E-state index is 12.8. The van der Waals surface area contributed by atoms with Gasteiger partial charge in [-0.1, -0.05) is 11.6 Å². The van der Waals surface area contributed by atoms with E-state index < -0.39 is 5.95 Å². The Morgan fingerprint density at radius 3 is 3.12 bits per heavy atom. The van der Waals surface area contributed by atoms with E-state index in [0.717, 1.165) is 25.3 Å². The van der Waals surface area contributed by atoms with Crippen LogP contribution in [-0.4, -0.2) is 17.4 Å². The summed E-state index contributed by atoms with van der Waals surface area (Å²) in [6, 6.07) is 2.65. The van der Waals surface area contributed by atoms with Gasteiger partial charge >= 0.3 is 0 Å². The van der Waals surface area contributed by atoms with Crippen LogP contribution in [0.25, 0.3) is 0 Å². The van der Waals surface area contributed by atoms with Gasteiger partial charge in [-0.2, -0.15) is 4.39 Å². The highest BCUT2D eigenvalue weighted by Crippen LogP contribution is 2.19. The Morgan fingerprint density at radius 2 is 2.41 bits per heavy atom. The van der Waals surface area contributed by atoms with Gasteiger partial charge in [0.15, 0.2) is 0 Å². The second kappa shape index (κ2) is 5.57. The summed E-state index contributed by atoms with van der Waals surface area (Å²) in [6.07, 6.45) is 7.93. The van der Waals surface area contributed by atoms with Gasteiger partial charge in [0.05, 0.1) is 0 Å². The van der Waals surface area contributed by atoms with Gasteiger partial charge in [-0.15, -0.1) is 0 Å². The summed E-state index contributed by atoms with van der Waals surface area (Å²) in [6.45, 7) is 0.606. The fraction of sp³-hybridized carbons (Fsp3) is 0.385. The van der Waals surface area contributed by atoms with Crippen LogP contribution in [0, 0.1) is 5.95 Å². The van der Waals surface area contributed by atoms with E-state index in [4.69, 9.17) is 0 Å². The summed E-state index contributed by atoms with van der Waals surface area (Å²) in [5.41, 5.74) is 1.73. The zero-order valence-electron chi connectivity index (χ0n) is 9.58. The Balaban J connectivity index is 1.81. The predicted molar refractivity (Wildman–Crippen MR) is 63.1 cm³/mol. The van der Waals surface area contributed by atoms with Crippen LogP contribution in [-0.2, 0) is 0 Å². The normalized spacial score (nSPS) is 14.5. The van der Waals surface area contributed by atoms with E-state index in [2.05, 4.69) is 16.4 Å². The molecular formula is C13H15FN2O. The number of nitrogens with one attached hydrogen (secondary N) is 1. The molecule has 17 heavy (non-hydrogen) atoms. The number of pyridine rings is 1. The highest BCUT2D eigenvalue weighted by molar-refractivity contribution is 5.93. The molecule has 0 spiro atoms. The van der Waals surface area contributed by atoms with Crippen molar-refractivity contribution in [1.82, 2.24) is 10.3 Å². The van der Waals surface area contributed by atoms with Gasteiger partial charge in [-0.3, -0.25) is 4.79 Å². The first kappa shape index (κ1) is 11.8. The Morgan fingerprint density at radius 1 is 1.53 bits per heavy atom. The first-order valence-corrected chi connectivity index (χ1v) is 5.83. The minimum Gasteiger partial charge on any atom is -0.352 e. The summed E-state index contributed by atoms with van der Waals surface area (Å²) in [5.74, 6) is -0.874. The second-order valence-electron chi connectivity index (χ2n) is 4.13. The first-order valence-electron chi connectivity index (χ1n) is 5.83. The van der Waals surface area contributed by atoms with Crippen molar-refractivity contribution in [3.05, 3.63) is 41.5 Å². The van der Waals surface area contributed by atoms with Gasteiger partial charge in [0.2, 0.25) is 5.95 Å². The maximum Gasteiger partial charge on any atom is 0.251 e.